The normalized spacial score (nSPS) is 18.8. The van der Waals surface area contributed by atoms with Gasteiger partial charge in [0, 0.05) is 32.7 Å². The molecular weight excluding hydrogens is 322 g/mol. The Balaban J connectivity index is 1.95. The molecule has 1 rings (SSSR count). The first-order chi connectivity index (χ1) is 12.8. The lowest BCUT2D eigenvalue weighted by molar-refractivity contribution is 0.107. The van der Waals surface area contributed by atoms with Crippen LogP contribution in [0.2, 0.25) is 0 Å². The van der Waals surface area contributed by atoms with Gasteiger partial charge in [-0.25, -0.2) is 0 Å². The highest BCUT2D eigenvalue weighted by molar-refractivity contribution is 4.81. The number of rotatable bonds is 18. The molecule has 1 saturated heterocycles. The molecule has 3 N–H and O–H groups in total. The topological polar surface area (TPSA) is 52.7 Å². The van der Waals surface area contributed by atoms with E-state index in [-0.39, 0.29) is 6.61 Å². The van der Waals surface area contributed by atoms with E-state index in [0.29, 0.717) is 6.17 Å². The minimum Gasteiger partial charge on any atom is -0.395 e. The van der Waals surface area contributed by atoms with E-state index in [4.69, 9.17) is 5.73 Å². The highest BCUT2D eigenvalue weighted by Crippen LogP contribution is 2.20. The Morgan fingerprint density at radius 3 is 1.65 bits per heavy atom. The molecule has 0 spiro atoms. The third-order valence-electron chi connectivity index (χ3n) is 5.89. The first-order valence-corrected chi connectivity index (χ1v) is 11.6. The summed E-state index contributed by atoms with van der Waals surface area (Å²) in [7, 11) is 0. The second-order valence-corrected chi connectivity index (χ2v) is 8.10. The van der Waals surface area contributed by atoms with Crippen LogP contribution >= 0.6 is 0 Å². The Labute approximate surface area is 163 Å². The summed E-state index contributed by atoms with van der Waals surface area (Å²) in [6.07, 6.45) is 20.1. The van der Waals surface area contributed by atoms with E-state index >= 15 is 0 Å². The van der Waals surface area contributed by atoms with Crippen molar-refractivity contribution in [2.45, 2.75) is 103 Å². The van der Waals surface area contributed by atoms with Gasteiger partial charge in [-0.2, -0.15) is 0 Å². The van der Waals surface area contributed by atoms with E-state index in [1.54, 1.807) is 0 Å². The lowest BCUT2D eigenvalue weighted by atomic mass is 10.0. The van der Waals surface area contributed by atoms with Crippen LogP contribution < -0.4 is 5.73 Å². The van der Waals surface area contributed by atoms with E-state index in [2.05, 4.69) is 16.7 Å². The molecule has 0 saturated carbocycles. The van der Waals surface area contributed by atoms with Crippen LogP contribution in [0, 0.1) is 0 Å². The van der Waals surface area contributed by atoms with Gasteiger partial charge in [0.05, 0.1) is 12.8 Å². The number of hydrogen-bond donors (Lipinski definition) is 2. The summed E-state index contributed by atoms with van der Waals surface area (Å²) >= 11 is 0. The van der Waals surface area contributed by atoms with Crippen molar-refractivity contribution < 1.29 is 5.11 Å². The number of nitrogens with zero attached hydrogens (tertiary/aromatic N) is 2. The van der Waals surface area contributed by atoms with Crippen LogP contribution in [0.4, 0.5) is 0 Å². The van der Waals surface area contributed by atoms with Gasteiger partial charge in [-0.15, -0.1) is 0 Å². The zero-order valence-electron chi connectivity index (χ0n) is 17.6. The number of aliphatic hydroxyl groups excluding tert-OH is 1. The second-order valence-electron chi connectivity index (χ2n) is 8.10. The molecule has 0 aromatic carbocycles. The molecule has 0 amide bonds. The van der Waals surface area contributed by atoms with Crippen LogP contribution in [-0.2, 0) is 0 Å². The van der Waals surface area contributed by atoms with Gasteiger partial charge in [-0.3, -0.25) is 9.80 Å². The summed E-state index contributed by atoms with van der Waals surface area (Å²) < 4.78 is 0. The third kappa shape index (κ3) is 10.9. The lowest BCUT2D eigenvalue weighted by Gasteiger charge is -2.29. The molecule has 1 aliphatic rings. The summed E-state index contributed by atoms with van der Waals surface area (Å²) in [5.74, 6) is 0. The Hall–Kier alpha value is -0.160. The van der Waals surface area contributed by atoms with Crippen molar-refractivity contribution in [1.29, 1.82) is 0 Å². The SMILES string of the molecule is CCCCCCCCCCCCCCCC1N(CCN)CCN1CCO. The molecule has 0 aliphatic carbocycles. The van der Waals surface area contributed by atoms with Crippen molar-refractivity contribution >= 4 is 0 Å². The van der Waals surface area contributed by atoms with Gasteiger partial charge in [-0.1, -0.05) is 90.4 Å². The molecule has 1 unspecified atom stereocenters. The van der Waals surface area contributed by atoms with Crippen LogP contribution in [0.25, 0.3) is 0 Å². The fraction of sp³-hybridized carbons (Fsp3) is 1.00. The minimum atomic E-state index is 0.269. The number of nitrogens with two attached hydrogens (primary N) is 1. The molecule has 0 aromatic rings. The molecule has 0 aromatic heterocycles. The van der Waals surface area contributed by atoms with E-state index in [9.17, 15) is 5.11 Å². The first kappa shape index (κ1) is 23.9. The largest absolute Gasteiger partial charge is 0.395 e. The predicted molar refractivity (Wildman–Crippen MR) is 113 cm³/mol. The van der Waals surface area contributed by atoms with Crippen molar-refractivity contribution in [3.8, 4) is 0 Å². The fourth-order valence-electron chi connectivity index (χ4n) is 4.31. The molecule has 0 bridgehead atoms. The molecule has 1 atom stereocenters. The summed E-state index contributed by atoms with van der Waals surface area (Å²) in [6.45, 7) is 7.29. The monoisotopic (exact) mass is 369 g/mol. The molecule has 4 heteroatoms. The van der Waals surface area contributed by atoms with Gasteiger partial charge < -0.3 is 10.8 Å². The van der Waals surface area contributed by atoms with Crippen molar-refractivity contribution in [2.24, 2.45) is 5.73 Å². The molecule has 156 valence electrons. The van der Waals surface area contributed by atoms with E-state index < -0.39 is 0 Å². The van der Waals surface area contributed by atoms with Gasteiger partial charge in [0.1, 0.15) is 0 Å². The predicted octanol–water partition coefficient (Wildman–Crippen LogP) is 4.36. The first-order valence-electron chi connectivity index (χ1n) is 11.6. The molecule has 1 fully saturated rings. The fourth-order valence-corrected chi connectivity index (χ4v) is 4.31. The maximum atomic E-state index is 9.26. The maximum absolute atomic E-state index is 9.26. The van der Waals surface area contributed by atoms with Crippen molar-refractivity contribution in [3.05, 3.63) is 0 Å². The van der Waals surface area contributed by atoms with Crippen molar-refractivity contribution in [2.75, 3.05) is 39.3 Å². The molecule has 26 heavy (non-hydrogen) atoms. The Bertz CT molecular complexity index is 287. The minimum absolute atomic E-state index is 0.269. The van der Waals surface area contributed by atoms with Gasteiger partial charge in [0.25, 0.3) is 0 Å². The van der Waals surface area contributed by atoms with Gasteiger partial charge in [0.2, 0.25) is 0 Å². The number of hydrogen-bond acceptors (Lipinski definition) is 4. The van der Waals surface area contributed by atoms with Crippen LogP contribution in [0.15, 0.2) is 0 Å². The molecule has 0 radical (unpaired) electrons. The van der Waals surface area contributed by atoms with E-state index in [1.807, 2.05) is 0 Å². The van der Waals surface area contributed by atoms with Gasteiger partial charge in [-0.05, 0) is 6.42 Å². The smallest absolute Gasteiger partial charge is 0.0624 e. The summed E-state index contributed by atoms with van der Waals surface area (Å²) in [5, 5.41) is 9.26. The lowest BCUT2D eigenvalue weighted by Crippen LogP contribution is -2.41. The van der Waals surface area contributed by atoms with E-state index in [0.717, 1.165) is 32.7 Å². The van der Waals surface area contributed by atoms with Gasteiger partial charge >= 0.3 is 0 Å². The van der Waals surface area contributed by atoms with Crippen LogP contribution in [0.5, 0.6) is 0 Å². The second kappa shape index (κ2) is 17.0. The zero-order valence-corrected chi connectivity index (χ0v) is 17.6. The third-order valence-corrected chi connectivity index (χ3v) is 5.89. The molecule has 1 heterocycles. The standard InChI is InChI=1S/C22H47N3O/c1-2-3-4-5-6-7-8-9-10-11-12-13-14-15-22-24(17-16-23)18-19-25(22)20-21-26/h22,26H,2-21,23H2,1H3. The highest BCUT2D eigenvalue weighted by atomic mass is 16.3. The number of aliphatic hydroxyl groups is 1. The van der Waals surface area contributed by atoms with Crippen LogP contribution in [0.3, 0.4) is 0 Å². The van der Waals surface area contributed by atoms with Crippen LogP contribution in [-0.4, -0.2) is 60.4 Å². The summed E-state index contributed by atoms with van der Waals surface area (Å²) in [6, 6.07) is 0. The quantitative estimate of drug-likeness (QED) is 0.352. The molecular formula is C22H47N3O. The average Bonchev–Trinajstić information content (AvgIpc) is 3.01. The van der Waals surface area contributed by atoms with Gasteiger partial charge in [0.15, 0.2) is 0 Å². The molecule has 1 aliphatic heterocycles. The summed E-state index contributed by atoms with van der Waals surface area (Å²) in [4.78, 5) is 4.95. The van der Waals surface area contributed by atoms with E-state index in [1.165, 1.54) is 89.9 Å². The average molecular weight is 370 g/mol. The zero-order chi connectivity index (χ0) is 18.9. The Morgan fingerprint density at radius 1 is 0.731 bits per heavy atom. The molecule has 4 nitrogen and oxygen atoms in total. The number of unbranched alkanes of at least 4 members (excludes halogenated alkanes) is 12. The van der Waals surface area contributed by atoms with Crippen LogP contribution in [0.1, 0.15) is 96.8 Å². The summed E-state index contributed by atoms with van der Waals surface area (Å²) in [5.41, 5.74) is 5.75. The Morgan fingerprint density at radius 2 is 1.19 bits per heavy atom. The highest BCUT2D eigenvalue weighted by Gasteiger charge is 2.29. The number of β-amino-alcohol motifs (C(OH)–C–C–N with tert-alkyl or cyclic N) is 1. The van der Waals surface area contributed by atoms with Crippen molar-refractivity contribution in [3.63, 3.8) is 0 Å². The van der Waals surface area contributed by atoms with Crippen molar-refractivity contribution in [1.82, 2.24) is 9.80 Å². The maximum Gasteiger partial charge on any atom is 0.0624 e. The Kier molecular flexibility index (Phi) is 15.6.